The Labute approximate surface area is 111 Å². The zero-order valence-corrected chi connectivity index (χ0v) is 11.7. The van der Waals surface area contributed by atoms with Crippen LogP contribution in [0.5, 0.6) is 0 Å². The van der Waals surface area contributed by atoms with Gasteiger partial charge in [-0.25, -0.2) is 0 Å². The van der Waals surface area contributed by atoms with Crippen LogP contribution >= 0.6 is 0 Å². The number of unbranched alkanes of at least 4 members (excludes halogenated alkanes) is 3. The third-order valence-electron chi connectivity index (χ3n) is 2.31. The minimum atomic E-state index is -0.682. The van der Waals surface area contributed by atoms with Gasteiger partial charge in [-0.2, -0.15) is 0 Å². The molecule has 0 spiro atoms. The van der Waals surface area contributed by atoms with Crippen LogP contribution in [0.1, 0.15) is 51.9 Å². The van der Waals surface area contributed by atoms with E-state index in [1.54, 1.807) is 0 Å². The molecule has 0 radical (unpaired) electrons. The van der Waals surface area contributed by atoms with Gasteiger partial charge in [0.15, 0.2) is 0 Å². The van der Waals surface area contributed by atoms with Crippen LogP contribution < -0.4 is 11.1 Å². The Morgan fingerprint density at radius 1 is 1.11 bits per heavy atom. The van der Waals surface area contributed by atoms with Gasteiger partial charge < -0.3 is 21.3 Å². The Morgan fingerprint density at radius 3 is 2.28 bits per heavy atom. The Morgan fingerprint density at radius 2 is 1.78 bits per heavy atom. The average molecular weight is 262 g/mol. The van der Waals surface area contributed by atoms with E-state index in [0.717, 1.165) is 58.2 Å². The monoisotopic (exact) mass is 262 g/mol. The van der Waals surface area contributed by atoms with Crippen molar-refractivity contribution in [3.63, 3.8) is 0 Å². The number of rotatable bonds is 11. The summed E-state index contributed by atoms with van der Waals surface area (Å²) in [4.78, 5) is 9.87. The van der Waals surface area contributed by atoms with E-state index in [1.807, 2.05) is 0 Å². The first-order valence-electron chi connectivity index (χ1n) is 6.92. The number of hydrogen-bond donors (Lipinski definition) is 4. The van der Waals surface area contributed by atoms with Crippen LogP contribution in [0, 0.1) is 0 Å². The second kappa shape index (κ2) is 18.7. The summed E-state index contributed by atoms with van der Waals surface area (Å²) in [6.07, 6.45) is 6.36. The summed E-state index contributed by atoms with van der Waals surface area (Å²) in [5, 5.41) is 19.8. The summed E-state index contributed by atoms with van der Waals surface area (Å²) in [6.45, 7) is 5.06. The van der Waals surface area contributed by atoms with Crippen LogP contribution in [-0.4, -0.2) is 42.4 Å². The van der Waals surface area contributed by atoms with Crippen LogP contribution in [0.2, 0.25) is 0 Å². The maximum atomic E-state index is 9.87. The highest BCUT2D eigenvalue weighted by Crippen LogP contribution is 1.97. The first kappa shape index (κ1) is 19.7. The Hall–Kier alpha value is -0.650. The molecule has 0 aliphatic heterocycles. The molecule has 110 valence electrons. The van der Waals surface area contributed by atoms with E-state index >= 15 is 0 Å². The third-order valence-corrected chi connectivity index (χ3v) is 2.31. The molecule has 0 fully saturated rings. The van der Waals surface area contributed by atoms with Gasteiger partial charge in [-0.15, -0.1) is 0 Å². The van der Waals surface area contributed by atoms with Crippen LogP contribution in [0.4, 0.5) is 0 Å². The molecule has 0 bridgehead atoms. The summed E-state index contributed by atoms with van der Waals surface area (Å²) < 4.78 is 0. The normalized spacial score (nSPS) is 9.72. The predicted molar refractivity (Wildman–Crippen MR) is 74.6 cm³/mol. The second-order valence-electron chi connectivity index (χ2n) is 4.17. The SMILES string of the molecule is CCCCCC(=O)O.NCCCCNCCCO. The number of carboxylic acid groups (broad SMARTS) is 1. The lowest BCUT2D eigenvalue weighted by Gasteiger charge is -2.00. The number of hydrogen-bond acceptors (Lipinski definition) is 4. The van der Waals surface area contributed by atoms with Crippen LogP contribution in [0.3, 0.4) is 0 Å². The van der Waals surface area contributed by atoms with Crippen molar-refractivity contribution in [2.45, 2.75) is 51.9 Å². The summed E-state index contributed by atoms with van der Waals surface area (Å²) in [6, 6.07) is 0. The van der Waals surface area contributed by atoms with Crippen LogP contribution in [0.15, 0.2) is 0 Å². The number of carboxylic acids is 1. The number of carbonyl (C=O) groups is 1. The van der Waals surface area contributed by atoms with Gasteiger partial charge in [0, 0.05) is 13.0 Å². The highest BCUT2D eigenvalue weighted by Gasteiger charge is 1.92. The molecule has 0 aromatic rings. The molecule has 0 saturated heterocycles. The largest absolute Gasteiger partial charge is 0.481 e. The van der Waals surface area contributed by atoms with E-state index in [2.05, 4.69) is 12.2 Å². The fourth-order valence-electron chi connectivity index (χ4n) is 1.25. The molecule has 5 heteroatoms. The van der Waals surface area contributed by atoms with E-state index in [0.29, 0.717) is 6.42 Å². The molecule has 0 aliphatic rings. The smallest absolute Gasteiger partial charge is 0.303 e. The molecule has 0 aliphatic carbocycles. The van der Waals surface area contributed by atoms with Gasteiger partial charge in [-0.3, -0.25) is 4.79 Å². The molecule has 0 aromatic heterocycles. The maximum absolute atomic E-state index is 9.87. The number of aliphatic carboxylic acids is 1. The summed E-state index contributed by atoms with van der Waals surface area (Å²) in [5.41, 5.74) is 5.30. The van der Waals surface area contributed by atoms with Gasteiger partial charge in [0.25, 0.3) is 0 Å². The zero-order valence-electron chi connectivity index (χ0n) is 11.7. The van der Waals surface area contributed by atoms with E-state index in [1.165, 1.54) is 0 Å². The minimum absolute atomic E-state index is 0.282. The molecule has 0 unspecified atom stereocenters. The Balaban J connectivity index is 0. The average Bonchev–Trinajstić information content (AvgIpc) is 2.34. The molecule has 0 aromatic carbocycles. The van der Waals surface area contributed by atoms with Crippen molar-refractivity contribution in [1.29, 1.82) is 0 Å². The molecule has 0 rings (SSSR count). The van der Waals surface area contributed by atoms with Crippen molar-refractivity contribution >= 4 is 5.97 Å². The van der Waals surface area contributed by atoms with Crippen molar-refractivity contribution in [3.05, 3.63) is 0 Å². The van der Waals surface area contributed by atoms with Gasteiger partial charge in [0.2, 0.25) is 0 Å². The number of aliphatic hydroxyl groups excluding tert-OH is 1. The highest BCUT2D eigenvalue weighted by atomic mass is 16.4. The fourth-order valence-corrected chi connectivity index (χ4v) is 1.25. The van der Waals surface area contributed by atoms with E-state index in [4.69, 9.17) is 15.9 Å². The second-order valence-corrected chi connectivity index (χ2v) is 4.17. The number of nitrogens with one attached hydrogen (secondary N) is 1. The van der Waals surface area contributed by atoms with E-state index < -0.39 is 5.97 Å². The van der Waals surface area contributed by atoms with Gasteiger partial charge in [0.1, 0.15) is 0 Å². The van der Waals surface area contributed by atoms with Gasteiger partial charge in [-0.05, 0) is 45.3 Å². The lowest BCUT2D eigenvalue weighted by Crippen LogP contribution is -2.18. The minimum Gasteiger partial charge on any atom is -0.481 e. The molecule has 0 atom stereocenters. The molecule has 0 heterocycles. The topological polar surface area (TPSA) is 95.6 Å². The molecule has 0 saturated carbocycles. The Bertz CT molecular complexity index is 158. The van der Waals surface area contributed by atoms with Gasteiger partial charge in [0.05, 0.1) is 0 Å². The lowest BCUT2D eigenvalue weighted by atomic mass is 10.2. The number of aliphatic hydroxyl groups is 1. The number of nitrogens with two attached hydrogens (primary N) is 1. The molecule has 0 amide bonds. The lowest BCUT2D eigenvalue weighted by molar-refractivity contribution is -0.137. The van der Waals surface area contributed by atoms with Crippen molar-refractivity contribution in [2.24, 2.45) is 5.73 Å². The summed E-state index contributed by atoms with van der Waals surface area (Å²) in [7, 11) is 0. The third kappa shape index (κ3) is 24.5. The first-order chi connectivity index (χ1) is 8.68. The van der Waals surface area contributed by atoms with Crippen molar-refractivity contribution < 1.29 is 15.0 Å². The summed E-state index contributed by atoms with van der Waals surface area (Å²) >= 11 is 0. The van der Waals surface area contributed by atoms with E-state index in [-0.39, 0.29) is 6.61 Å². The quantitative estimate of drug-likeness (QED) is 0.422. The summed E-state index contributed by atoms with van der Waals surface area (Å²) in [5.74, 6) is -0.682. The zero-order chi connectivity index (χ0) is 14.1. The fraction of sp³-hybridized carbons (Fsp3) is 0.923. The van der Waals surface area contributed by atoms with Crippen molar-refractivity contribution in [1.82, 2.24) is 5.32 Å². The Kier molecular flexibility index (Phi) is 20.5. The highest BCUT2D eigenvalue weighted by molar-refractivity contribution is 5.66. The predicted octanol–water partition coefficient (Wildman–Crippen LogP) is 1.35. The molecular weight excluding hydrogens is 232 g/mol. The van der Waals surface area contributed by atoms with Gasteiger partial charge >= 0.3 is 5.97 Å². The first-order valence-corrected chi connectivity index (χ1v) is 6.92. The molecule has 5 nitrogen and oxygen atoms in total. The van der Waals surface area contributed by atoms with E-state index in [9.17, 15) is 4.79 Å². The van der Waals surface area contributed by atoms with Gasteiger partial charge in [-0.1, -0.05) is 19.8 Å². The standard InChI is InChI=1S/C7H18N2O.C6H12O2/c8-4-1-2-5-9-6-3-7-10;1-2-3-4-5-6(7)8/h9-10H,1-8H2;2-5H2,1H3,(H,7,8). The molecular formula is C13H30N2O3. The van der Waals surface area contributed by atoms with Crippen LogP contribution in [0.25, 0.3) is 0 Å². The van der Waals surface area contributed by atoms with Crippen molar-refractivity contribution in [2.75, 3.05) is 26.2 Å². The van der Waals surface area contributed by atoms with Crippen LogP contribution in [-0.2, 0) is 4.79 Å². The molecule has 5 N–H and O–H groups in total. The van der Waals surface area contributed by atoms with Crippen molar-refractivity contribution in [3.8, 4) is 0 Å². The maximum Gasteiger partial charge on any atom is 0.303 e. The molecule has 18 heavy (non-hydrogen) atoms.